The Morgan fingerprint density at radius 1 is 0.868 bits per heavy atom. The topological polar surface area (TPSA) is 182 Å². The summed E-state index contributed by atoms with van der Waals surface area (Å²) in [5, 5.41) is 7.15. The maximum atomic E-state index is 13.2. The molecule has 0 bridgehead atoms. The van der Waals surface area contributed by atoms with E-state index in [2.05, 4.69) is 32.5 Å². The van der Waals surface area contributed by atoms with Crippen molar-refractivity contribution >= 4 is 52.8 Å². The lowest BCUT2D eigenvalue weighted by molar-refractivity contribution is -0.0907. The van der Waals surface area contributed by atoms with E-state index in [9.17, 15) is 14.4 Å². The Labute approximate surface area is 315 Å². The fourth-order valence-corrected chi connectivity index (χ4v) is 6.02. The van der Waals surface area contributed by atoms with Gasteiger partial charge in [-0.1, -0.05) is 24.9 Å². The number of furan rings is 1. The van der Waals surface area contributed by atoms with Crippen LogP contribution in [0.15, 0.2) is 16.5 Å². The van der Waals surface area contributed by atoms with Gasteiger partial charge in [0, 0.05) is 24.0 Å². The van der Waals surface area contributed by atoms with E-state index in [1.165, 1.54) is 0 Å². The number of nitrogens with zero attached hydrogens (tertiary/aromatic N) is 3. The summed E-state index contributed by atoms with van der Waals surface area (Å²) in [6, 6.07) is 2.99. The number of rotatable bonds is 10. The van der Waals surface area contributed by atoms with Gasteiger partial charge in [-0.05, 0) is 94.2 Å². The van der Waals surface area contributed by atoms with Crippen LogP contribution in [0.5, 0.6) is 0 Å². The van der Waals surface area contributed by atoms with Crippen molar-refractivity contribution in [3.8, 4) is 11.3 Å². The summed E-state index contributed by atoms with van der Waals surface area (Å²) in [6.45, 7) is 18.9. The molecule has 0 aliphatic heterocycles. The normalized spacial score (nSPS) is 19.0. The Balaban J connectivity index is 1.80. The number of carbonyl (C=O) groups excluding carboxylic acids is 3. The summed E-state index contributed by atoms with van der Waals surface area (Å²) in [5.74, 6) is 0.0545. The van der Waals surface area contributed by atoms with Crippen LogP contribution in [0.2, 0.25) is 5.15 Å². The summed E-state index contributed by atoms with van der Waals surface area (Å²) in [6.07, 6.45) is -3.46. The van der Waals surface area contributed by atoms with E-state index in [4.69, 9.17) is 44.4 Å². The Bertz CT molecular complexity index is 1790. The molecule has 1 saturated carbocycles. The molecular weight excluding hydrogens is 710 g/mol. The van der Waals surface area contributed by atoms with Crippen LogP contribution in [0.4, 0.5) is 26.1 Å². The molecule has 3 aromatic heterocycles. The molecule has 4 atom stereocenters. The molecule has 4 rings (SSSR count). The van der Waals surface area contributed by atoms with Gasteiger partial charge in [-0.3, -0.25) is 4.98 Å². The van der Waals surface area contributed by atoms with Gasteiger partial charge in [0.05, 0.1) is 17.3 Å². The van der Waals surface area contributed by atoms with Crippen LogP contribution in [-0.2, 0) is 34.8 Å². The number of hydrogen-bond donors (Lipinski definition) is 2. The second-order valence-corrected chi connectivity index (χ2v) is 16.3. The molecule has 292 valence electrons. The fourth-order valence-electron chi connectivity index (χ4n) is 5.76. The lowest BCUT2D eigenvalue weighted by Crippen LogP contribution is -2.44. The highest BCUT2D eigenvalue weighted by Gasteiger charge is 2.50. The van der Waals surface area contributed by atoms with E-state index in [0.29, 0.717) is 22.6 Å². The molecule has 3 aromatic rings. The SMILES string of the molecule is CCCc1cc2cc(-c3c(Cl)nc(NC)nc3N[C@@H]3C[C@H](COC(=O)OC(C)(C)C)[C@@H](OC(=O)OC(C)(C)C)[C@H]3OC(=O)OC(C)(C)C)oc2c(C)n1. The van der Waals surface area contributed by atoms with Crippen molar-refractivity contribution in [1.82, 2.24) is 15.0 Å². The first kappa shape index (κ1) is 41.2. The number of ether oxygens (including phenoxy) is 6. The zero-order chi connectivity index (χ0) is 39.5. The lowest BCUT2D eigenvalue weighted by atomic mass is 10.1. The monoisotopic (exact) mass is 761 g/mol. The van der Waals surface area contributed by atoms with Crippen molar-refractivity contribution in [3.63, 3.8) is 0 Å². The fraction of sp³-hybridized carbons (Fsp3) is 0.622. The molecule has 1 aliphatic carbocycles. The van der Waals surface area contributed by atoms with Crippen molar-refractivity contribution in [1.29, 1.82) is 0 Å². The largest absolute Gasteiger partial charge is 0.509 e. The second-order valence-electron chi connectivity index (χ2n) is 15.9. The maximum absolute atomic E-state index is 13.2. The number of nitrogens with one attached hydrogen (secondary N) is 2. The number of pyridine rings is 1. The molecular formula is C37H52ClN5O10. The number of carbonyl (C=O) groups is 3. The molecule has 53 heavy (non-hydrogen) atoms. The minimum absolute atomic E-state index is 0.0688. The molecule has 0 unspecified atom stereocenters. The average Bonchev–Trinajstić information content (AvgIpc) is 3.54. The van der Waals surface area contributed by atoms with E-state index in [-0.39, 0.29) is 29.9 Å². The summed E-state index contributed by atoms with van der Waals surface area (Å²) in [7, 11) is 1.64. The molecule has 2 N–H and O–H groups in total. The van der Waals surface area contributed by atoms with Gasteiger partial charge in [-0.25, -0.2) is 19.4 Å². The van der Waals surface area contributed by atoms with Gasteiger partial charge in [0.2, 0.25) is 5.95 Å². The van der Waals surface area contributed by atoms with Crippen LogP contribution >= 0.6 is 11.6 Å². The Hall–Kier alpha value is -4.53. The maximum Gasteiger partial charge on any atom is 0.509 e. The van der Waals surface area contributed by atoms with Crippen LogP contribution in [0.25, 0.3) is 22.3 Å². The molecule has 3 heterocycles. The van der Waals surface area contributed by atoms with E-state index in [1.54, 1.807) is 69.4 Å². The highest BCUT2D eigenvalue weighted by Crippen LogP contribution is 2.41. The number of halogens is 1. The van der Waals surface area contributed by atoms with E-state index >= 15 is 0 Å². The molecule has 0 spiro atoms. The third-order valence-corrected chi connectivity index (χ3v) is 7.95. The first-order chi connectivity index (χ1) is 24.6. The van der Waals surface area contributed by atoms with Crippen LogP contribution in [0.3, 0.4) is 0 Å². The van der Waals surface area contributed by atoms with Gasteiger partial charge in [0.15, 0.2) is 17.8 Å². The predicted molar refractivity (Wildman–Crippen MR) is 198 cm³/mol. The molecule has 16 heteroatoms. The van der Waals surface area contributed by atoms with Crippen molar-refractivity contribution in [3.05, 3.63) is 28.7 Å². The summed E-state index contributed by atoms with van der Waals surface area (Å²) in [5.41, 5.74) is -0.0659. The summed E-state index contributed by atoms with van der Waals surface area (Å²) < 4.78 is 39.9. The van der Waals surface area contributed by atoms with Gasteiger partial charge in [-0.2, -0.15) is 4.98 Å². The third kappa shape index (κ3) is 11.5. The first-order valence-electron chi connectivity index (χ1n) is 17.6. The minimum atomic E-state index is -1.21. The average molecular weight is 762 g/mol. The second kappa shape index (κ2) is 16.2. The van der Waals surface area contributed by atoms with Gasteiger partial charge in [-0.15, -0.1) is 0 Å². The predicted octanol–water partition coefficient (Wildman–Crippen LogP) is 8.63. The Kier molecular flexibility index (Phi) is 12.6. The molecule has 0 radical (unpaired) electrons. The Morgan fingerprint density at radius 2 is 1.45 bits per heavy atom. The highest BCUT2D eigenvalue weighted by atomic mass is 35.5. The smallest absolute Gasteiger partial charge is 0.454 e. The lowest BCUT2D eigenvalue weighted by Gasteiger charge is -2.29. The zero-order valence-electron chi connectivity index (χ0n) is 32.6. The standard InChI is InChI=1S/C37H52ClN5O10/c1-13-14-22-15-20-17-24(48-26(20)19(2)40-22)25-29(38)42-31(39-12)43-30(25)41-23-16-21(18-47-32(44)51-35(3,4)5)27(49-33(45)52-36(6,7)8)28(23)50-34(46)53-37(9,10)11/h15,17,21,23,27-28H,13-14,16,18H2,1-12H3,(H2,39,41,42,43)/t21-,23-,27-,28+/m1/s1. The van der Waals surface area contributed by atoms with Crippen LogP contribution in [0.1, 0.15) is 93.5 Å². The quantitative estimate of drug-likeness (QED) is 0.114. The third-order valence-electron chi connectivity index (χ3n) is 7.68. The van der Waals surface area contributed by atoms with E-state index in [0.717, 1.165) is 23.9 Å². The highest BCUT2D eigenvalue weighted by molar-refractivity contribution is 6.32. The molecule has 0 saturated heterocycles. The van der Waals surface area contributed by atoms with Gasteiger partial charge in [0.1, 0.15) is 40.1 Å². The van der Waals surface area contributed by atoms with Gasteiger partial charge in [0.25, 0.3) is 0 Å². The number of aromatic nitrogens is 3. The molecule has 0 amide bonds. The minimum Gasteiger partial charge on any atom is -0.454 e. The van der Waals surface area contributed by atoms with Crippen LogP contribution < -0.4 is 10.6 Å². The number of hydrogen-bond acceptors (Lipinski definition) is 15. The number of anilines is 2. The van der Waals surface area contributed by atoms with Crippen molar-refractivity contribution in [2.24, 2.45) is 5.92 Å². The van der Waals surface area contributed by atoms with E-state index < -0.39 is 59.4 Å². The van der Waals surface area contributed by atoms with Crippen LogP contribution in [0, 0.1) is 12.8 Å². The summed E-state index contributed by atoms with van der Waals surface area (Å²) in [4.78, 5) is 52.7. The Morgan fingerprint density at radius 3 is 2.02 bits per heavy atom. The van der Waals surface area contributed by atoms with Crippen LogP contribution in [-0.4, -0.2) is 82.1 Å². The van der Waals surface area contributed by atoms with Gasteiger partial charge >= 0.3 is 18.5 Å². The number of fused-ring (bicyclic) bond motifs is 1. The molecule has 0 aromatic carbocycles. The van der Waals surface area contributed by atoms with Gasteiger partial charge < -0.3 is 43.5 Å². The van der Waals surface area contributed by atoms with Crippen molar-refractivity contribution in [2.75, 3.05) is 24.3 Å². The zero-order valence-corrected chi connectivity index (χ0v) is 33.4. The van der Waals surface area contributed by atoms with E-state index in [1.807, 2.05) is 19.1 Å². The molecule has 15 nitrogen and oxygen atoms in total. The summed E-state index contributed by atoms with van der Waals surface area (Å²) >= 11 is 6.83. The molecule has 1 aliphatic rings. The number of aryl methyl sites for hydroxylation is 2. The van der Waals surface area contributed by atoms with Crippen molar-refractivity contribution < 1.29 is 47.2 Å². The first-order valence-corrected chi connectivity index (χ1v) is 18.0. The molecule has 1 fully saturated rings. The van der Waals surface area contributed by atoms with Crippen molar-refractivity contribution in [2.45, 2.75) is 130 Å².